The maximum atomic E-state index is 15.4. The first-order chi connectivity index (χ1) is 13.6. The lowest BCUT2D eigenvalue weighted by atomic mass is 10.1. The van der Waals surface area contributed by atoms with E-state index in [0.29, 0.717) is 13.2 Å². The maximum absolute atomic E-state index is 15.4. The topological polar surface area (TPSA) is 68.5 Å². The first-order valence-electron chi connectivity index (χ1n) is 9.12. The lowest BCUT2D eigenvalue weighted by molar-refractivity contribution is -0.136. The van der Waals surface area contributed by atoms with E-state index in [1.54, 1.807) is 0 Å². The molecule has 0 saturated carbocycles. The van der Waals surface area contributed by atoms with Gasteiger partial charge in [-0.05, 0) is 17.7 Å². The summed E-state index contributed by atoms with van der Waals surface area (Å²) in [7, 11) is 0. The third-order valence-corrected chi connectivity index (χ3v) is 4.76. The van der Waals surface area contributed by atoms with E-state index in [9.17, 15) is 4.79 Å². The summed E-state index contributed by atoms with van der Waals surface area (Å²) < 4.78 is 26.0. The van der Waals surface area contributed by atoms with Gasteiger partial charge in [-0.2, -0.15) is 4.98 Å². The van der Waals surface area contributed by atoms with Gasteiger partial charge in [0.2, 0.25) is 11.7 Å². The molecule has 3 aromatic rings. The Morgan fingerprint density at radius 2 is 1.86 bits per heavy atom. The van der Waals surface area contributed by atoms with Gasteiger partial charge in [0.15, 0.2) is 5.67 Å². The van der Waals surface area contributed by atoms with Gasteiger partial charge in [-0.1, -0.05) is 53.7 Å². The molecule has 1 aliphatic rings. The molecule has 1 aliphatic heterocycles. The van der Waals surface area contributed by atoms with Gasteiger partial charge >= 0.3 is 0 Å². The van der Waals surface area contributed by atoms with Crippen LogP contribution in [-0.2, 0) is 21.8 Å². The Morgan fingerprint density at radius 1 is 1.14 bits per heavy atom. The van der Waals surface area contributed by atoms with E-state index in [1.165, 1.54) is 4.90 Å². The maximum Gasteiger partial charge on any atom is 0.258 e. The number of alkyl halides is 1. The van der Waals surface area contributed by atoms with Crippen LogP contribution >= 0.6 is 0 Å². The molecule has 0 radical (unpaired) electrons. The SMILES string of the molecule is O=C(COCc1ccccc1)N1CCC(F)(c2noc(-c3ccccc3)n2)C1. The summed E-state index contributed by atoms with van der Waals surface area (Å²) in [6.07, 6.45) is 0.130. The second-order valence-corrected chi connectivity index (χ2v) is 6.80. The van der Waals surface area contributed by atoms with E-state index in [-0.39, 0.29) is 37.2 Å². The van der Waals surface area contributed by atoms with Gasteiger partial charge in [0.05, 0.1) is 13.2 Å². The molecule has 1 unspecified atom stereocenters. The molecule has 0 spiro atoms. The summed E-state index contributed by atoms with van der Waals surface area (Å²) in [6, 6.07) is 18.8. The summed E-state index contributed by atoms with van der Waals surface area (Å²) in [4.78, 5) is 18.0. The molecule has 0 N–H and O–H groups in total. The first-order valence-corrected chi connectivity index (χ1v) is 9.12. The fourth-order valence-electron chi connectivity index (χ4n) is 3.19. The van der Waals surface area contributed by atoms with E-state index >= 15 is 4.39 Å². The van der Waals surface area contributed by atoms with Crippen LogP contribution < -0.4 is 0 Å². The van der Waals surface area contributed by atoms with Crippen LogP contribution in [0, 0.1) is 0 Å². The molecule has 0 aliphatic carbocycles. The van der Waals surface area contributed by atoms with Crippen LogP contribution in [0.2, 0.25) is 0 Å². The van der Waals surface area contributed by atoms with E-state index < -0.39 is 5.67 Å². The number of rotatable bonds is 6. The zero-order valence-electron chi connectivity index (χ0n) is 15.3. The van der Waals surface area contributed by atoms with Crippen molar-refractivity contribution in [3.8, 4) is 11.5 Å². The highest BCUT2D eigenvalue weighted by molar-refractivity contribution is 5.78. The number of carbonyl (C=O) groups excluding carboxylic acids is 1. The Morgan fingerprint density at radius 3 is 2.61 bits per heavy atom. The number of nitrogens with zero attached hydrogens (tertiary/aromatic N) is 3. The molecule has 1 saturated heterocycles. The van der Waals surface area contributed by atoms with E-state index in [1.807, 2.05) is 60.7 Å². The quantitative estimate of drug-likeness (QED) is 0.655. The van der Waals surface area contributed by atoms with Gasteiger partial charge < -0.3 is 14.2 Å². The lowest BCUT2D eigenvalue weighted by Gasteiger charge is -2.18. The number of hydrogen-bond donors (Lipinski definition) is 0. The minimum atomic E-state index is -1.81. The summed E-state index contributed by atoms with van der Waals surface area (Å²) >= 11 is 0. The van der Waals surface area contributed by atoms with Crippen LogP contribution in [0.4, 0.5) is 4.39 Å². The van der Waals surface area contributed by atoms with Crippen molar-refractivity contribution < 1.29 is 18.4 Å². The van der Waals surface area contributed by atoms with Crippen molar-refractivity contribution in [2.24, 2.45) is 0 Å². The van der Waals surface area contributed by atoms with Gasteiger partial charge in [-0.25, -0.2) is 4.39 Å². The third kappa shape index (κ3) is 3.94. The molecular weight excluding hydrogens is 361 g/mol. The molecule has 1 fully saturated rings. The molecule has 6 nitrogen and oxygen atoms in total. The summed E-state index contributed by atoms with van der Waals surface area (Å²) in [5.74, 6) is -0.00214. The van der Waals surface area contributed by atoms with Crippen molar-refractivity contribution in [2.75, 3.05) is 19.7 Å². The monoisotopic (exact) mass is 381 g/mol. The minimum Gasteiger partial charge on any atom is -0.367 e. The van der Waals surface area contributed by atoms with Crippen molar-refractivity contribution in [1.29, 1.82) is 0 Å². The smallest absolute Gasteiger partial charge is 0.258 e. The summed E-state index contributed by atoms with van der Waals surface area (Å²) in [5.41, 5.74) is -0.104. The predicted molar refractivity (Wildman–Crippen MR) is 99.8 cm³/mol. The van der Waals surface area contributed by atoms with Crippen LogP contribution in [-0.4, -0.2) is 40.6 Å². The van der Waals surface area contributed by atoms with Gasteiger partial charge in [-0.15, -0.1) is 0 Å². The van der Waals surface area contributed by atoms with Crippen molar-refractivity contribution >= 4 is 5.91 Å². The van der Waals surface area contributed by atoms with Gasteiger partial charge in [0.25, 0.3) is 5.89 Å². The highest BCUT2D eigenvalue weighted by atomic mass is 19.1. The Kier molecular flexibility index (Phi) is 5.16. The minimum absolute atomic E-state index is 0.0214. The molecule has 1 amide bonds. The van der Waals surface area contributed by atoms with Crippen LogP contribution in [0.3, 0.4) is 0 Å². The highest BCUT2D eigenvalue weighted by Gasteiger charge is 2.45. The molecule has 2 heterocycles. The number of carbonyl (C=O) groups is 1. The van der Waals surface area contributed by atoms with Crippen LogP contribution in [0.1, 0.15) is 17.8 Å². The number of ether oxygens (including phenoxy) is 1. The number of benzene rings is 2. The molecule has 0 bridgehead atoms. The Hall–Kier alpha value is -3.06. The van der Waals surface area contributed by atoms with Crippen LogP contribution in [0.15, 0.2) is 65.2 Å². The average Bonchev–Trinajstić information content (AvgIpc) is 3.38. The third-order valence-electron chi connectivity index (χ3n) is 4.76. The molecule has 28 heavy (non-hydrogen) atoms. The van der Waals surface area contributed by atoms with E-state index in [0.717, 1.165) is 11.1 Å². The molecule has 4 rings (SSSR count). The van der Waals surface area contributed by atoms with Gasteiger partial charge in [0, 0.05) is 18.5 Å². The van der Waals surface area contributed by atoms with Crippen LogP contribution in [0.5, 0.6) is 0 Å². The van der Waals surface area contributed by atoms with Crippen LogP contribution in [0.25, 0.3) is 11.5 Å². The normalized spacial score (nSPS) is 19.1. The standard InChI is InChI=1S/C21H20FN3O3/c22-21(20-23-19(28-24-20)17-9-5-2-6-10-17)11-12-25(15-21)18(26)14-27-13-16-7-3-1-4-8-16/h1-10H,11-15H2. The largest absolute Gasteiger partial charge is 0.367 e. The molecular formula is C21H20FN3O3. The lowest BCUT2D eigenvalue weighted by Crippen LogP contribution is -2.35. The average molecular weight is 381 g/mol. The fourth-order valence-corrected chi connectivity index (χ4v) is 3.19. The number of hydrogen-bond acceptors (Lipinski definition) is 5. The molecule has 144 valence electrons. The molecule has 7 heteroatoms. The second-order valence-electron chi connectivity index (χ2n) is 6.80. The Balaban J connectivity index is 1.35. The van der Waals surface area contributed by atoms with Crippen molar-refractivity contribution in [3.05, 3.63) is 72.1 Å². The van der Waals surface area contributed by atoms with Gasteiger partial charge in [-0.3, -0.25) is 4.79 Å². The Bertz CT molecular complexity index is 932. The zero-order valence-corrected chi connectivity index (χ0v) is 15.3. The number of likely N-dealkylation sites (tertiary alicyclic amines) is 1. The van der Waals surface area contributed by atoms with Crippen molar-refractivity contribution in [1.82, 2.24) is 15.0 Å². The van der Waals surface area contributed by atoms with Crippen molar-refractivity contribution in [3.63, 3.8) is 0 Å². The molecule has 1 atom stereocenters. The Labute approximate surface area is 161 Å². The fraction of sp³-hybridized carbons (Fsp3) is 0.286. The molecule has 2 aromatic carbocycles. The number of amides is 1. The first kappa shape index (κ1) is 18.3. The van der Waals surface area contributed by atoms with Gasteiger partial charge in [0.1, 0.15) is 6.61 Å². The van der Waals surface area contributed by atoms with Crippen molar-refractivity contribution in [2.45, 2.75) is 18.7 Å². The predicted octanol–water partition coefficient (Wildman–Crippen LogP) is 3.35. The summed E-state index contributed by atoms with van der Waals surface area (Å²) in [6.45, 7) is 0.437. The van der Waals surface area contributed by atoms with E-state index in [4.69, 9.17) is 9.26 Å². The summed E-state index contributed by atoms with van der Waals surface area (Å²) in [5, 5.41) is 3.81. The second kappa shape index (κ2) is 7.90. The highest BCUT2D eigenvalue weighted by Crippen LogP contribution is 2.35. The number of halogens is 1. The van der Waals surface area contributed by atoms with E-state index in [2.05, 4.69) is 10.1 Å². The molecule has 1 aromatic heterocycles. The zero-order chi connectivity index (χ0) is 19.4. The number of aromatic nitrogens is 2.